The van der Waals surface area contributed by atoms with Crippen LogP contribution in [0.4, 0.5) is 0 Å². The van der Waals surface area contributed by atoms with Crippen molar-refractivity contribution >= 4 is 11.9 Å². The molecule has 0 saturated heterocycles. The van der Waals surface area contributed by atoms with Crippen molar-refractivity contribution in [3.05, 3.63) is 35.4 Å². The maximum absolute atomic E-state index is 11.3. The summed E-state index contributed by atoms with van der Waals surface area (Å²) < 4.78 is 4.84. The number of ether oxygens (including phenoxy) is 1. The van der Waals surface area contributed by atoms with Gasteiger partial charge in [-0.2, -0.15) is 5.26 Å². The highest BCUT2D eigenvalue weighted by atomic mass is 16.5. The summed E-state index contributed by atoms with van der Waals surface area (Å²) in [5.74, 6) is -1.43. The summed E-state index contributed by atoms with van der Waals surface area (Å²) in [7, 11) is 0. The number of nitrogens with zero attached hydrogens (tertiary/aromatic N) is 1. The van der Waals surface area contributed by atoms with Gasteiger partial charge in [0.05, 0.1) is 24.2 Å². The van der Waals surface area contributed by atoms with Crippen molar-refractivity contribution < 1.29 is 19.4 Å². The van der Waals surface area contributed by atoms with E-state index in [0.717, 1.165) is 5.56 Å². The van der Waals surface area contributed by atoms with Gasteiger partial charge in [-0.1, -0.05) is 18.6 Å². The van der Waals surface area contributed by atoms with Crippen LogP contribution in [0.15, 0.2) is 24.3 Å². The van der Waals surface area contributed by atoms with Crippen LogP contribution in [0, 0.1) is 17.2 Å². The van der Waals surface area contributed by atoms with E-state index in [1.54, 1.807) is 19.1 Å². The lowest BCUT2D eigenvalue weighted by atomic mass is 9.94. The first kappa shape index (κ1) is 18.7. The Bertz CT molecular complexity index is 545. The summed E-state index contributed by atoms with van der Waals surface area (Å²) in [6.45, 7) is 2.14. The minimum atomic E-state index is -0.797. The summed E-state index contributed by atoms with van der Waals surface area (Å²) >= 11 is 0. The van der Waals surface area contributed by atoms with Crippen molar-refractivity contribution in [1.82, 2.24) is 0 Å². The Morgan fingerprint density at radius 3 is 2.48 bits per heavy atom. The molecule has 1 rings (SSSR count). The van der Waals surface area contributed by atoms with Crippen LogP contribution in [0.1, 0.15) is 50.2 Å². The average molecular weight is 317 g/mol. The van der Waals surface area contributed by atoms with Crippen molar-refractivity contribution in [3.63, 3.8) is 0 Å². The van der Waals surface area contributed by atoms with Crippen molar-refractivity contribution in [2.45, 2.75) is 45.4 Å². The summed E-state index contributed by atoms with van der Waals surface area (Å²) in [6.07, 6.45) is 3.48. The molecule has 0 amide bonds. The highest BCUT2D eigenvalue weighted by Crippen LogP contribution is 2.18. The molecular formula is C18H23NO4. The van der Waals surface area contributed by atoms with Gasteiger partial charge in [-0.05, 0) is 50.3 Å². The van der Waals surface area contributed by atoms with Crippen LogP contribution in [0.5, 0.6) is 0 Å². The number of carboxylic acids is 1. The third-order valence-electron chi connectivity index (χ3n) is 3.70. The van der Waals surface area contributed by atoms with Crippen molar-refractivity contribution in [3.8, 4) is 6.07 Å². The minimum absolute atomic E-state index is 0.225. The zero-order valence-corrected chi connectivity index (χ0v) is 13.5. The third kappa shape index (κ3) is 7.46. The van der Waals surface area contributed by atoms with Crippen molar-refractivity contribution in [2.75, 3.05) is 6.61 Å². The van der Waals surface area contributed by atoms with Gasteiger partial charge in [0.25, 0.3) is 0 Å². The smallest absolute Gasteiger partial charge is 0.306 e. The maximum Gasteiger partial charge on any atom is 0.306 e. The maximum atomic E-state index is 11.3. The molecule has 124 valence electrons. The van der Waals surface area contributed by atoms with Gasteiger partial charge in [-0.15, -0.1) is 0 Å². The van der Waals surface area contributed by atoms with Crippen LogP contribution >= 0.6 is 0 Å². The van der Waals surface area contributed by atoms with E-state index >= 15 is 0 Å². The molecule has 1 aromatic carbocycles. The molecule has 1 aromatic rings. The summed E-state index contributed by atoms with van der Waals surface area (Å²) in [6, 6.07) is 9.26. The number of hydrogen-bond donors (Lipinski definition) is 1. The molecule has 0 heterocycles. The Morgan fingerprint density at radius 1 is 1.22 bits per heavy atom. The first-order valence-corrected chi connectivity index (χ1v) is 7.94. The van der Waals surface area contributed by atoms with E-state index in [9.17, 15) is 14.7 Å². The number of unbranched alkanes of at least 4 members (excludes halogenated alkanes) is 1. The van der Waals surface area contributed by atoms with E-state index in [4.69, 9.17) is 10.00 Å². The van der Waals surface area contributed by atoms with Gasteiger partial charge in [-0.25, -0.2) is 0 Å². The van der Waals surface area contributed by atoms with Gasteiger partial charge in [0.15, 0.2) is 0 Å². The lowest BCUT2D eigenvalue weighted by Crippen LogP contribution is -2.15. The number of benzene rings is 1. The first-order chi connectivity index (χ1) is 11.1. The number of aliphatic carboxylic acids is 1. The van der Waals surface area contributed by atoms with E-state index in [-0.39, 0.29) is 5.97 Å². The largest absolute Gasteiger partial charge is 0.481 e. The normalized spacial score (nSPS) is 11.5. The van der Waals surface area contributed by atoms with Crippen LogP contribution in [0.3, 0.4) is 0 Å². The number of hydrogen-bond acceptors (Lipinski definition) is 4. The number of nitriles is 1. The Balaban J connectivity index is 2.35. The van der Waals surface area contributed by atoms with Crippen molar-refractivity contribution in [2.24, 2.45) is 5.92 Å². The molecule has 23 heavy (non-hydrogen) atoms. The molecule has 0 fully saturated rings. The molecule has 1 unspecified atom stereocenters. The number of rotatable bonds is 10. The van der Waals surface area contributed by atoms with Gasteiger partial charge in [0, 0.05) is 6.42 Å². The molecule has 0 aliphatic rings. The fourth-order valence-electron chi connectivity index (χ4n) is 2.37. The fraction of sp³-hybridized carbons (Fsp3) is 0.500. The fourth-order valence-corrected chi connectivity index (χ4v) is 2.37. The molecule has 0 radical (unpaired) electrons. The van der Waals surface area contributed by atoms with E-state index in [1.165, 1.54) is 0 Å². The highest BCUT2D eigenvalue weighted by Gasteiger charge is 2.17. The van der Waals surface area contributed by atoms with Gasteiger partial charge < -0.3 is 9.84 Å². The van der Waals surface area contributed by atoms with Gasteiger partial charge in [0.1, 0.15) is 0 Å². The number of carbonyl (C=O) groups is 2. The van der Waals surface area contributed by atoms with Crippen LogP contribution < -0.4 is 0 Å². The standard InChI is InChI=1S/C18H23NO4/c1-2-23-17(20)6-4-3-5-16(18(21)22)12-11-14-7-9-15(13-19)10-8-14/h7-10,16H,2-6,11-12H2,1H3,(H,21,22). The lowest BCUT2D eigenvalue weighted by molar-refractivity contribution is -0.143. The Kier molecular flexibility index (Phi) is 8.45. The SMILES string of the molecule is CCOC(=O)CCCCC(CCc1ccc(C#N)cc1)C(=O)O. The van der Waals surface area contributed by atoms with Gasteiger partial charge in [-0.3, -0.25) is 9.59 Å². The van der Waals surface area contributed by atoms with Gasteiger partial charge in [0.2, 0.25) is 0 Å². The second-order valence-electron chi connectivity index (χ2n) is 5.43. The molecule has 1 N–H and O–H groups in total. The van der Waals surface area contributed by atoms with E-state index in [2.05, 4.69) is 6.07 Å². The van der Waals surface area contributed by atoms with E-state index in [0.29, 0.717) is 50.7 Å². The molecule has 5 heteroatoms. The molecule has 0 bridgehead atoms. The molecule has 0 aromatic heterocycles. The number of carbonyl (C=O) groups excluding carboxylic acids is 1. The Morgan fingerprint density at radius 2 is 1.91 bits per heavy atom. The molecule has 0 aliphatic carbocycles. The molecule has 5 nitrogen and oxygen atoms in total. The number of carboxylic acid groups (broad SMARTS) is 1. The predicted octanol–water partition coefficient (Wildman–Crippen LogP) is 3.32. The van der Waals surface area contributed by atoms with E-state index in [1.807, 2.05) is 12.1 Å². The van der Waals surface area contributed by atoms with Gasteiger partial charge >= 0.3 is 11.9 Å². The Labute approximate surface area is 136 Å². The second-order valence-corrected chi connectivity index (χ2v) is 5.43. The minimum Gasteiger partial charge on any atom is -0.481 e. The predicted molar refractivity (Wildman–Crippen MR) is 85.7 cm³/mol. The zero-order chi connectivity index (χ0) is 17.1. The highest BCUT2D eigenvalue weighted by molar-refractivity contribution is 5.70. The molecule has 0 spiro atoms. The van der Waals surface area contributed by atoms with Crippen LogP contribution in [-0.2, 0) is 20.7 Å². The Hall–Kier alpha value is -2.35. The summed E-state index contributed by atoms with van der Waals surface area (Å²) in [5, 5.41) is 18.0. The second kappa shape index (κ2) is 10.4. The molecule has 0 saturated carbocycles. The summed E-state index contributed by atoms with van der Waals surface area (Å²) in [5.41, 5.74) is 1.63. The molecule has 1 atom stereocenters. The quantitative estimate of drug-likeness (QED) is 0.528. The van der Waals surface area contributed by atoms with Crippen molar-refractivity contribution in [1.29, 1.82) is 5.26 Å². The number of esters is 1. The lowest BCUT2D eigenvalue weighted by Gasteiger charge is -2.12. The monoisotopic (exact) mass is 317 g/mol. The first-order valence-electron chi connectivity index (χ1n) is 7.94. The number of aryl methyl sites for hydroxylation is 1. The summed E-state index contributed by atoms with van der Waals surface area (Å²) in [4.78, 5) is 22.5. The van der Waals surface area contributed by atoms with Crippen LogP contribution in [0.25, 0.3) is 0 Å². The molecule has 0 aliphatic heterocycles. The van der Waals surface area contributed by atoms with E-state index < -0.39 is 11.9 Å². The average Bonchev–Trinajstić information content (AvgIpc) is 2.54. The third-order valence-corrected chi connectivity index (χ3v) is 3.70. The zero-order valence-electron chi connectivity index (χ0n) is 13.5. The molecular weight excluding hydrogens is 294 g/mol. The topological polar surface area (TPSA) is 87.4 Å². The van der Waals surface area contributed by atoms with Crippen LogP contribution in [0.2, 0.25) is 0 Å². The van der Waals surface area contributed by atoms with Crippen LogP contribution in [-0.4, -0.2) is 23.7 Å².